The van der Waals surface area contributed by atoms with Crippen LogP contribution in [0.2, 0.25) is 0 Å². The first kappa shape index (κ1) is 9.80. The Kier molecular flexibility index (Phi) is 2.86. The molecule has 0 aliphatic heterocycles. The van der Waals surface area contributed by atoms with E-state index >= 15 is 0 Å². The Hall–Kier alpha value is 0.260. The second-order valence-corrected chi connectivity index (χ2v) is 5.95. The summed E-state index contributed by atoms with van der Waals surface area (Å²) in [5.41, 5.74) is 1.43. The largest absolute Gasteiger partial charge is 0.133 e. The average molecular weight is 320 g/mol. The van der Waals surface area contributed by atoms with Crippen molar-refractivity contribution in [2.45, 2.75) is 17.6 Å². The van der Waals surface area contributed by atoms with Gasteiger partial charge in [-0.2, -0.15) is 0 Å². The molecule has 2 rings (SSSR count). The van der Waals surface area contributed by atoms with Crippen molar-refractivity contribution in [3.63, 3.8) is 0 Å². The van der Waals surface area contributed by atoms with E-state index in [2.05, 4.69) is 60.3 Å². The van der Waals surface area contributed by atoms with Crippen molar-refractivity contribution < 1.29 is 0 Å². The molecule has 0 atom stereocenters. The van der Waals surface area contributed by atoms with E-state index in [-0.39, 0.29) is 0 Å². The van der Waals surface area contributed by atoms with E-state index in [1.165, 1.54) is 19.2 Å². The molecule has 3 heteroatoms. The maximum atomic E-state index is 4.36. The number of halogens is 1. The first-order valence-corrected chi connectivity index (χ1v) is 6.46. The molecule has 0 aliphatic carbocycles. The van der Waals surface area contributed by atoms with Crippen LogP contribution in [0.3, 0.4) is 0 Å². The lowest BCUT2D eigenvalue weighted by Crippen LogP contribution is -1.83. The first-order chi connectivity index (χ1) is 6.20. The van der Waals surface area contributed by atoms with E-state index in [1.54, 1.807) is 11.3 Å². The van der Waals surface area contributed by atoms with Crippen molar-refractivity contribution in [1.29, 1.82) is 0 Å². The van der Waals surface area contributed by atoms with Gasteiger partial charge in [-0.3, -0.25) is 0 Å². The van der Waals surface area contributed by atoms with Crippen molar-refractivity contribution >= 4 is 56.6 Å². The van der Waals surface area contributed by atoms with Gasteiger partial charge in [0.2, 0.25) is 0 Å². The zero-order chi connectivity index (χ0) is 9.42. The number of thiophene rings is 1. The van der Waals surface area contributed by atoms with Crippen LogP contribution in [0.5, 0.6) is 0 Å². The van der Waals surface area contributed by atoms with Crippen LogP contribution in [0.25, 0.3) is 10.1 Å². The van der Waals surface area contributed by atoms with E-state index in [9.17, 15) is 0 Å². The van der Waals surface area contributed by atoms with E-state index in [0.29, 0.717) is 0 Å². The minimum atomic E-state index is 1.10. The molecule has 0 unspecified atom stereocenters. The molecule has 1 heterocycles. The fourth-order valence-corrected chi connectivity index (χ4v) is 3.51. The number of aryl methyl sites for hydroxylation is 1. The molecule has 0 amide bonds. The van der Waals surface area contributed by atoms with Gasteiger partial charge in [0.1, 0.15) is 0 Å². The summed E-state index contributed by atoms with van der Waals surface area (Å²) < 4.78 is 3.81. The molecule has 13 heavy (non-hydrogen) atoms. The molecule has 0 nitrogen and oxygen atoms in total. The van der Waals surface area contributed by atoms with Crippen LogP contribution in [0.15, 0.2) is 22.4 Å². The molecule has 1 aromatic carbocycles. The van der Waals surface area contributed by atoms with Gasteiger partial charge in [0.05, 0.1) is 4.21 Å². The third-order valence-electron chi connectivity index (χ3n) is 2.05. The Morgan fingerprint density at radius 2 is 2.15 bits per heavy atom. The smallest absolute Gasteiger partial charge is 0.0580 e. The van der Waals surface area contributed by atoms with Gasteiger partial charge in [0.25, 0.3) is 0 Å². The topological polar surface area (TPSA) is 0 Å². The zero-order valence-electron chi connectivity index (χ0n) is 7.17. The molecule has 2 aromatic rings. The molecule has 0 saturated carbocycles. The highest BCUT2D eigenvalue weighted by Crippen LogP contribution is 2.31. The Labute approximate surface area is 101 Å². The molecule has 0 fully saturated rings. The molecule has 68 valence electrons. The number of benzene rings is 1. The summed E-state index contributed by atoms with van der Waals surface area (Å²) in [4.78, 5) is 0. The third-order valence-corrected chi connectivity index (χ3v) is 4.36. The predicted molar refractivity (Wildman–Crippen MR) is 71.2 cm³/mol. The van der Waals surface area contributed by atoms with Crippen LogP contribution >= 0.6 is 46.6 Å². The molecular formula is C10H9IS2. The fourth-order valence-electron chi connectivity index (χ4n) is 1.36. The van der Waals surface area contributed by atoms with Crippen molar-refractivity contribution in [1.82, 2.24) is 0 Å². The summed E-state index contributed by atoms with van der Waals surface area (Å²) in [5.74, 6) is 0. The van der Waals surface area contributed by atoms with Gasteiger partial charge < -0.3 is 0 Å². The summed E-state index contributed by atoms with van der Waals surface area (Å²) in [6.07, 6.45) is 1.11. The zero-order valence-corrected chi connectivity index (χ0v) is 11.0. The first-order valence-electron chi connectivity index (χ1n) is 4.11. The third kappa shape index (κ3) is 1.87. The molecule has 0 radical (unpaired) electrons. The second-order valence-electron chi connectivity index (χ2n) is 2.92. The van der Waals surface area contributed by atoms with E-state index in [4.69, 9.17) is 0 Å². The molecule has 0 aliphatic rings. The minimum Gasteiger partial charge on any atom is -0.133 e. The molecule has 0 N–H and O–H groups in total. The van der Waals surface area contributed by atoms with E-state index < -0.39 is 0 Å². The van der Waals surface area contributed by atoms with Crippen molar-refractivity contribution in [2.24, 2.45) is 0 Å². The number of hydrogen-bond donors (Lipinski definition) is 1. The minimum absolute atomic E-state index is 1.10. The lowest BCUT2D eigenvalue weighted by Gasteiger charge is -2.00. The van der Waals surface area contributed by atoms with E-state index in [0.717, 1.165) is 10.6 Å². The normalized spacial score (nSPS) is 11.0. The highest BCUT2D eigenvalue weighted by atomic mass is 127. The van der Waals surface area contributed by atoms with Crippen LogP contribution in [0.1, 0.15) is 12.5 Å². The highest BCUT2D eigenvalue weighted by molar-refractivity contribution is 14.1. The Bertz CT molecular complexity index is 445. The summed E-state index contributed by atoms with van der Waals surface area (Å²) in [6, 6.07) is 6.65. The fraction of sp³-hybridized carbons (Fsp3) is 0.200. The van der Waals surface area contributed by atoms with Crippen LogP contribution in [-0.4, -0.2) is 0 Å². The maximum absolute atomic E-state index is 4.36. The lowest BCUT2D eigenvalue weighted by molar-refractivity contribution is 1.13. The van der Waals surface area contributed by atoms with Gasteiger partial charge in [-0.05, 0) is 58.2 Å². The maximum Gasteiger partial charge on any atom is 0.0580 e. The molecule has 0 spiro atoms. The van der Waals surface area contributed by atoms with Crippen molar-refractivity contribution in [3.05, 3.63) is 27.3 Å². The van der Waals surface area contributed by atoms with E-state index in [1.807, 2.05) is 0 Å². The number of fused-ring (bicyclic) bond motifs is 1. The molecular weight excluding hydrogens is 311 g/mol. The lowest BCUT2D eigenvalue weighted by atomic mass is 10.1. The number of thiol groups is 1. The van der Waals surface area contributed by atoms with Gasteiger partial charge >= 0.3 is 0 Å². The monoisotopic (exact) mass is 320 g/mol. The Morgan fingerprint density at radius 1 is 1.38 bits per heavy atom. The summed E-state index contributed by atoms with van der Waals surface area (Å²) >= 11 is 8.51. The summed E-state index contributed by atoms with van der Waals surface area (Å²) in [7, 11) is 0. The average Bonchev–Trinajstić information content (AvgIpc) is 2.42. The Morgan fingerprint density at radius 3 is 2.85 bits per heavy atom. The van der Waals surface area contributed by atoms with Crippen LogP contribution in [0, 0.1) is 3.57 Å². The molecule has 0 bridgehead atoms. The van der Waals surface area contributed by atoms with Crippen molar-refractivity contribution in [2.75, 3.05) is 0 Å². The standard InChI is InChI=1S/C10H9IS2/c1-2-6-4-9-7(3-8(6)11)5-10(12)13-9/h3-5,12H,2H2,1H3. The second kappa shape index (κ2) is 3.79. The molecule has 1 aromatic heterocycles. The summed E-state index contributed by atoms with van der Waals surface area (Å²) in [5, 5.41) is 1.32. The van der Waals surface area contributed by atoms with Gasteiger partial charge in [-0.15, -0.1) is 24.0 Å². The summed E-state index contributed by atoms with van der Waals surface area (Å²) in [6.45, 7) is 2.19. The van der Waals surface area contributed by atoms with Crippen LogP contribution < -0.4 is 0 Å². The number of hydrogen-bond acceptors (Lipinski definition) is 2. The molecule has 0 saturated heterocycles. The van der Waals surface area contributed by atoms with Crippen molar-refractivity contribution in [3.8, 4) is 0 Å². The quantitative estimate of drug-likeness (QED) is 0.586. The highest BCUT2D eigenvalue weighted by Gasteiger charge is 2.03. The Balaban J connectivity index is 2.72. The van der Waals surface area contributed by atoms with Crippen LogP contribution in [-0.2, 0) is 6.42 Å². The predicted octanol–water partition coefficient (Wildman–Crippen LogP) is 4.36. The van der Waals surface area contributed by atoms with Crippen LogP contribution in [0.4, 0.5) is 0 Å². The van der Waals surface area contributed by atoms with Gasteiger partial charge in [0.15, 0.2) is 0 Å². The van der Waals surface area contributed by atoms with Gasteiger partial charge in [-0.25, -0.2) is 0 Å². The number of rotatable bonds is 1. The van der Waals surface area contributed by atoms with Gasteiger partial charge in [0, 0.05) is 8.27 Å². The van der Waals surface area contributed by atoms with Gasteiger partial charge in [-0.1, -0.05) is 6.92 Å². The SMILES string of the molecule is CCc1cc2sc(S)cc2cc1I.